The average Bonchev–Trinajstić information content (AvgIpc) is 2.15. The molecule has 1 aromatic heterocycles. The molecule has 68 valence electrons. The van der Waals surface area contributed by atoms with Crippen molar-refractivity contribution in [3.8, 4) is 6.07 Å². The average molecular weight is 192 g/mol. The van der Waals surface area contributed by atoms with Gasteiger partial charge in [0.25, 0.3) is 0 Å². The summed E-state index contributed by atoms with van der Waals surface area (Å²) in [6.07, 6.45) is 1.68. The van der Waals surface area contributed by atoms with E-state index in [1.54, 1.807) is 24.0 Å². The van der Waals surface area contributed by atoms with Gasteiger partial charge < -0.3 is 0 Å². The highest BCUT2D eigenvalue weighted by Gasteiger charge is 1.99. The van der Waals surface area contributed by atoms with Crippen LogP contribution in [0.15, 0.2) is 23.4 Å². The summed E-state index contributed by atoms with van der Waals surface area (Å²) < 4.78 is 0. The van der Waals surface area contributed by atoms with Crippen LogP contribution in [-0.4, -0.2) is 10.7 Å². The van der Waals surface area contributed by atoms with E-state index in [1.165, 1.54) is 0 Å². The van der Waals surface area contributed by atoms with Crippen molar-refractivity contribution >= 4 is 11.8 Å². The molecule has 0 unspecified atom stereocenters. The van der Waals surface area contributed by atoms with E-state index >= 15 is 0 Å². The molecule has 0 fully saturated rings. The summed E-state index contributed by atoms with van der Waals surface area (Å²) in [5.41, 5.74) is 0.682. The van der Waals surface area contributed by atoms with E-state index in [0.717, 1.165) is 10.8 Å². The second kappa shape index (κ2) is 4.88. The topological polar surface area (TPSA) is 36.7 Å². The number of nitriles is 1. The van der Waals surface area contributed by atoms with Crippen LogP contribution in [0.4, 0.5) is 0 Å². The first-order chi connectivity index (χ1) is 6.22. The summed E-state index contributed by atoms with van der Waals surface area (Å²) in [6, 6.07) is 5.65. The molecule has 1 rings (SSSR count). The Hall–Kier alpha value is -1.01. The third-order valence-electron chi connectivity index (χ3n) is 1.43. The molecule has 1 aromatic rings. The van der Waals surface area contributed by atoms with Crippen molar-refractivity contribution in [2.75, 3.05) is 5.75 Å². The van der Waals surface area contributed by atoms with Crippen LogP contribution in [-0.2, 0) is 0 Å². The van der Waals surface area contributed by atoms with Crippen LogP contribution in [0, 0.1) is 17.2 Å². The highest BCUT2D eigenvalue weighted by Crippen LogP contribution is 2.18. The normalized spacial score (nSPS) is 10.0. The van der Waals surface area contributed by atoms with E-state index in [2.05, 4.69) is 24.9 Å². The Labute approximate surface area is 83.0 Å². The molecule has 0 bridgehead atoms. The predicted molar refractivity (Wildman–Crippen MR) is 54.5 cm³/mol. The lowest BCUT2D eigenvalue weighted by atomic mass is 10.3. The van der Waals surface area contributed by atoms with Crippen LogP contribution in [0.3, 0.4) is 0 Å². The molecule has 0 radical (unpaired) electrons. The van der Waals surface area contributed by atoms with Gasteiger partial charge in [-0.05, 0) is 18.1 Å². The number of thioether (sulfide) groups is 1. The van der Waals surface area contributed by atoms with Gasteiger partial charge >= 0.3 is 0 Å². The minimum Gasteiger partial charge on any atom is -0.250 e. The molecule has 0 aliphatic heterocycles. The highest BCUT2D eigenvalue weighted by molar-refractivity contribution is 7.99. The monoisotopic (exact) mass is 192 g/mol. The van der Waals surface area contributed by atoms with Gasteiger partial charge in [0.15, 0.2) is 0 Å². The van der Waals surface area contributed by atoms with Crippen LogP contribution in [0.2, 0.25) is 0 Å². The number of aromatic nitrogens is 1. The maximum atomic E-state index is 8.65. The Balaban J connectivity index is 2.63. The molecule has 0 amide bonds. The highest BCUT2D eigenvalue weighted by atomic mass is 32.2. The SMILES string of the molecule is CC(C)CSc1cc(C#N)ccn1. The Morgan fingerprint density at radius 1 is 1.62 bits per heavy atom. The van der Waals surface area contributed by atoms with Crippen molar-refractivity contribution in [2.24, 2.45) is 5.92 Å². The minimum absolute atomic E-state index is 0.651. The lowest BCUT2D eigenvalue weighted by Gasteiger charge is -2.02. The molecule has 0 aliphatic carbocycles. The van der Waals surface area contributed by atoms with Gasteiger partial charge in [0.05, 0.1) is 16.7 Å². The quantitative estimate of drug-likeness (QED) is 0.691. The van der Waals surface area contributed by atoms with Gasteiger partial charge in [0.1, 0.15) is 0 Å². The fourth-order valence-electron chi connectivity index (χ4n) is 0.810. The second-order valence-corrected chi connectivity index (χ2v) is 4.24. The number of pyridine rings is 1. The fourth-order valence-corrected chi connectivity index (χ4v) is 1.66. The van der Waals surface area contributed by atoms with Gasteiger partial charge in [-0.1, -0.05) is 13.8 Å². The lowest BCUT2D eigenvalue weighted by molar-refractivity contribution is 0.749. The van der Waals surface area contributed by atoms with Crippen LogP contribution >= 0.6 is 11.8 Å². The third kappa shape index (κ3) is 3.47. The van der Waals surface area contributed by atoms with Gasteiger partial charge in [0.2, 0.25) is 0 Å². The first-order valence-electron chi connectivity index (χ1n) is 4.21. The molecule has 13 heavy (non-hydrogen) atoms. The predicted octanol–water partition coefficient (Wildman–Crippen LogP) is 2.70. The summed E-state index contributed by atoms with van der Waals surface area (Å²) in [5.74, 6) is 1.69. The van der Waals surface area contributed by atoms with Crippen molar-refractivity contribution in [1.82, 2.24) is 4.98 Å². The summed E-state index contributed by atoms with van der Waals surface area (Å²) in [6.45, 7) is 4.34. The largest absolute Gasteiger partial charge is 0.250 e. The molecular formula is C10H12N2S. The van der Waals surface area contributed by atoms with Gasteiger partial charge in [-0.3, -0.25) is 0 Å². The number of hydrogen-bond acceptors (Lipinski definition) is 3. The maximum Gasteiger partial charge on any atom is 0.0993 e. The van der Waals surface area contributed by atoms with E-state index in [-0.39, 0.29) is 0 Å². The summed E-state index contributed by atoms with van der Waals surface area (Å²) in [5, 5.41) is 9.59. The number of rotatable bonds is 3. The van der Waals surface area contributed by atoms with E-state index in [9.17, 15) is 0 Å². The number of hydrogen-bond donors (Lipinski definition) is 0. The van der Waals surface area contributed by atoms with Gasteiger partial charge in [-0.15, -0.1) is 11.8 Å². The molecule has 0 N–H and O–H groups in total. The van der Waals surface area contributed by atoms with Crippen molar-refractivity contribution in [3.05, 3.63) is 23.9 Å². The minimum atomic E-state index is 0.651. The summed E-state index contributed by atoms with van der Waals surface area (Å²) in [4.78, 5) is 4.17. The maximum absolute atomic E-state index is 8.65. The lowest BCUT2D eigenvalue weighted by Crippen LogP contribution is -1.91. The summed E-state index contributed by atoms with van der Waals surface area (Å²) in [7, 11) is 0. The first kappa shape index (κ1) is 10.1. The summed E-state index contributed by atoms with van der Waals surface area (Å²) >= 11 is 1.70. The van der Waals surface area contributed by atoms with E-state index in [0.29, 0.717) is 11.5 Å². The van der Waals surface area contributed by atoms with Gasteiger partial charge in [-0.2, -0.15) is 5.26 Å². The molecule has 0 aromatic carbocycles. The van der Waals surface area contributed by atoms with Crippen LogP contribution < -0.4 is 0 Å². The molecular weight excluding hydrogens is 180 g/mol. The molecule has 1 heterocycles. The Morgan fingerprint density at radius 2 is 2.38 bits per heavy atom. The first-order valence-corrected chi connectivity index (χ1v) is 5.20. The second-order valence-electron chi connectivity index (χ2n) is 3.20. The standard InChI is InChI=1S/C10H12N2S/c1-8(2)7-13-10-5-9(6-11)3-4-12-10/h3-5,8H,7H2,1-2H3. The fraction of sp³-hybridized carbons (Fsp3) is 0.400. The molecule has 0 aliphatic rings. The molecule has 0 saturated heterocycles. The van der Waals surface area contributed by atoms with Crippen molar-refractivity contribution in [2.45, 2.75) is 18.9 Å². The Kier molecular flexibility index (Phi) is 3.78. The van der Waals surface area contributed by atoms with Crippen molar-refractivity contribution < 1.29 is 0 Å². The van der Waals surface area contributed by atoms with E-state index < -0.39 is 0 Å². The zero-order valence-corrected chi connectivity index (χ0v) is 8.64. The molecule has 0 spiro atoms. The van der Waals surface area contributed by atoms with Crippen LogP contribution in [0.25, 0.3) is 0 Å². The van der Waals surface area contributed by atoms with E-state index in [1.807, 2.05) is 6.07 Å². The smallest absolute Gasteiger partial charge is 0.0993 e. The Bertz CT molecular complexity index is 315. The van der Waals surface area contributed by atoms with Gasteiger partial charge in [-0.25, -0.2) is 4.98 Å². The molecule has 0 saturated carbocycles. The number of nitrogens with zero attached hydrogens (tertiary/aromatic N) is 2. The van der Waals surface area contributed by atoms with Crippen molar-refractivity contribution in [1.29, 1.82) is 5.26 Å². The van der Waals surface area contributed by atoms with Crippen molar-refractivity contribution in [3.63, 3.8) is 0 Å². The molecule has 2 nitrogen and oxygen atoms in total. The van der Waals surface area contributed by atoms with Crippen LogP contribution in [0.5, 0.6) is 0 Å². The zero-order chi connectivity index (χ0) is 9.68. The van der Waals surface area contributed by atoms with Crippen LogP contribution in [0.1, 0.15) is 19.4 Å². The molecule has 3 heteroatoms. The Morgan fingerprint density at radius 3 is 3.00 bits per heavy atom. The zero-order valence-electron chi connectivity index (χ0n) is 7.82. The van der Waals surface area contributed by atoms with Gasteiger partial charge in [0, 0.05) is 11.9 Å². The van der Waals surface area contributed by atoms with E-state index in [4.69, 9.17) is 5.26 Å². The third-order valence-corrected chi connectivity index (χ3v) is 2.78. The molecule has 0 atom stereocenters.